The van der Waals surface area contributed by atoms with E-state index in [9.17, 15) is 4.79 Å². The Morgan fingerprint density at radius 3 is 2.46 bits per heavy atom. The number of hydrazine groups is 1. The summed E-state index contributed by atoms with van der Waals surface area (Å²) in [5, 5.41) is 0.630. The minimum Gasteiger partial charge on any atom is -0.296 e. The zero-order valence-electron chi connectivity index (χ0n) is 7.12. The molecule has 3 N–H and O–H groups in total. The Labute approximate surface area is 81.2 Å². The van der Waals surface area contributed by atoms with E-state index in [-0.39, 0.29) is 6.03 Å². The molecule has 1 rings (SSSR count). The zero-order chi connectivity index (χ0) is 9.84. The predicted molar refractivity (Wildman–Crippen MR) is 52.6 cm³/mol. The number of rotatable bonds is 1. The first-order valence-electron chi connectivity index (χ1n) is 3.65. The van der Waals surface area contributed by atoms with E-state index >= 15 is 0 Å². The highest BCUT2D eigenvalue weighted by Crippen LogP contribution is 2.16. The second kappa shape index (κ2) is 4.11. The number of nitrogens with zero attached hydrogens (tertiary/aromatic N) is 1. The van der Waals surface area contributed by atoms with Gasteiger partial charge in [-0.1, -0.05) is 11.6 Å². The number of amides is 2. The number of benzene rings is 1. The fourth-order valence-corrected chi connectivity index (χ4v) is 1.00. The molecule has 4 nitrogen and oxygen atoms in total. The minimum atomic E-state index is -0.373. The molecule has 0 saturated carbocycles. The van der Waals surface area contributed by atoms with Crippen molar-refractivity contribution in [2.75, 3.05) is 11.9 Å². The summed E-state index contributed by atoms with van der Waals surface area (Å²) in [5.41, 5.74) is 2.76. The highest BCUT2D eigenvalue weighted by atomic mass is 35.5. The van der Waals surface area contributed by atoms with Crippen molar-refractivity contribution >= 4 is 23.3 Å². The standard InChI is InChI=1S/C8H10ClN3O/c1-12(8(13)11-10)7-4-2-6(9)3-5-7/h2-5H,10H2,1H3,(H,11,13). The van der Waals surface area contributed by atoms with E-state index in [0.29, 0.717) is 5.02 Å². The summed E-state index contributed by atoms with van der Waals surface area (Å²) in [5.74, 6) is 4.97. The molecule has 0 fully saturated rings. The maximum Gasteiger partial charge on any atom is 0.335 e. The predicted octanol–water partition coefficient (Wildman–Crippen LogP) is 1.36. The Hall–Kier alpha value is -1.26. The maximum absolute atomic E-state index is 11.1. The first-order valence-corrected chi connectivity index (χ1v) is 4.03. The summed E-state index contributed by atoms with van der Waals surface area (Å²) in [7, 11) is 1.62. The molecule has 2 amide bonds. The van der Waals surface area contributed by atoms with Crippen molar-refractivity contribution in [1.82, 2.24) is 5.43 Å². The normalized spacial score (nSPS) is 9.46. The van der Waals surface area contributed by atoms with Gasteiger partial charge in [0.25, 0.3) is 0 Å². The summed E-state index contributed by atoms with van der Waals surface area (Å²) in [4.78, 5) is 12.4. The molecule has 1 aromatic carbocycles. The van der Waals surface area contributed by atoms with Gasteiger partial charge >= 0.3 is 6.03 Å². The molecule has 0 spiro atoms. The van der Waals surface area contributed by atoms with Crippen molar-refractivity contribution in [3.63, 3.8) is 0 Å². The topological polar surface area (TPSA) is 58.4 Å². The van der Waals surface area contributed by atoms with Crippen LogP contribution < -0.4 is 16.2 Å². The summed E-state index contributed by atoms with van der Waals surface area (Å²) in [6, 6.07) is 6.51. The highest BCUT2D eigenvalue weighted by molar-refractivity contribution is 6.30. The second-order valence-corrected chi connectivity index (χ2v) is 2.92. The number of carbonyl (C=O) groups is 1. The van der Waals surface area contributed by atoms with Gasteiger partial charge in [-0.25, -0.2) is 10.6 Å². The molecular formula is C8H10ClN3O. The van der Waals surface area contributed by atoms with Crippen molar-refractivity contribution in [3.05, 3.63) is 29.3 Å². The number of nitrogens with two attached hydrogens (primary N) is 1. The van der Waals surface area contributed by atoms with E-state index in [2.05, 4.69) is 0 Å². The first-order chi connectivity index (χ1) is 6.15. The van der Waals surface area contributed by atoms with Crippen molar-refractivity contribution in [2.24, 2.45) is 5.84 Å². The summed E-state index contributed by atoms with van der Waals surface area (Å²) < 4.78 is 0. The van der Waals surface area contributed by atoms with Crippen LogP contribution in [0.5, 0.6) is 0 Å². The highest BCUT2D eigenvalue weighted by Gasteiger charge is 2.07. The van der Waals surface area contributed by atoms with Crippen LogP contribution in [0.3, 0.4) is 0 Å². The lowest BCUT2D eigenvalue weighted by molar-refractivity contribution is 0.247. The average Bonchev–Trinajstić information content (AvgIpc) is 2.17. The first kappa shape index (κ1) is 9.83. The van der Waals surface area contributed by atoms with Gasteiger partial charge in [-0.15, -0.1) is 0 Å². The van der Waals surface area contributed by atoms with Crippen LogP contribution in [0.2, 0.25) is 5.02 Å². The van der Waals surface area contributed by atoms with Gasteiger partial charge in [0.15, 0.2) is 0 Å². The van der Waals surface area contributed by atoms with Crippen LogP contribution in [0.25, 0.3) is 0 Å². The van der Waals surface area contributed by atoms with E-state index in [1.807, 2.05) is 5.43 Å². The maximum atomic E-state index is 11.1. The van der Waals surface area contributed by atoms with Gasteiger partial charge in [-0.2, -0.15) is 0 Å². The lowest BCUT2D eigenvalue weighted by atomic mass is 10.3. The second-order valence-electron chi connectivity index (χ2n) is 2.48. The van der Waals surface area contributed by atoms with Gasteiger partial charge in [0.05, 0.1) is 0 Å². The molecule has 0 bridgehead atoms. The average molecular weight is 200 g/mol. The molecule has 0 aliphatic heterocycles. The lowest BCUT2D eigenvalue weighted by Gasteiger charge is -2.15. The zero-order valence-corrected chi connectivity index (χ0v) is 7.88. The molecule has 0 aliphatic rings. The Morgan fingerprint density at radius 2 is 2.00 bits per heavy atom. The van der Waals surface area contributed by atoms with Crippen molar-refractivity contribution in [1.29, 1.82) is 0 Å². The lowest BCUT2D eigenvalue weighted by Crippen LogP contribution is -2.41. The van der Waals surface area contributed by atoms with Crippen LogP contribution in [-0.4, -0.2) is 13.1 Å². The van der Waals surface area contributed by atoms with E-state index in [1.54, 1.807) is 31.3 Å². The van der Waals surface area contributed by atoms with Crippen LogP contribution in [-0.2, 0) is 0 Å². The van der Waals surface area contributed by atoms with Gasteiger partial charge in [0.1, 0.15) is 0 Å². The third kappa shape index (κ3) is 2.34. The fraction of sp³-hybridized carbons (Fsp3) is 0.125. The quantitative estimate of drug-likeness (QED) is 0.408. The van der Waals surface area contributed by atoms with Gasteiger partial charge in [0.2, 0.25) is 0 Å². The summed E-state index contributed by atoms with van der Waals surface area (Å²) in [6.07, 6.45) is 0. The van der Waals surface area contributed by atoms with Gasteiger partial charge in [-0.05, 0) is 24.3 Å². The Balaban J connectivity index is 2.83. The molecule has 0 saturated heterocycles. The Bertz CT molecular complexity index is 299. The number of hydrogen-bond donors (Lipinski definition) is 2. The molecule has 1 aromatic rings. The van der Waals surface area contributed by atoms with Gasteiger partial charge < -0.3 is 0 Å². The number of carbonyl (C=O) groups excluding carboxylic acids is 1. The van der Waals surface area contributed by atoms with E-state index < -0.39 is 0 Å². The monoisotopic (exact) mass is 199 g/mol. The Kier molecular flexibility index (Phi) is 3.11. The third-order valence-electron chi connectivity index (χ3n) is 1.64. The molecule has 5 heteroatoms. The molecular weight excluding hydrogens is 190 g/mol. The van der Waals surface area contributed by atoms with Crippen molar-refractivity contribution in [2.45, 2.75) is 0 Å². The number of nitrogens with one attached hydrogen (secondary N) is 1. The van der Waals surface area contributed by atoms with Crippen LogP contribution in [0, 0.1) is 0 Å². The molecule has 0 aliphatic carbocycles. The van der Waals surface area contributed by atoms with E-state index in [1.165, 1.54) is 4.90 Å². The van der Waals surface area contributed by atoms with Crippen LogP contribution >= 0.6 is 11.6 Å². The number of hydrogen-bond acceptors (Lipinski definition) is 2. The SMILES string of the molecule is CN(C(=O)NN)c1ccc(Cl)cc1. The number of urea groups is 1. The van der Waals surface area contributed by atoms with Crippen molar-refractivity contribution < 1.29 is 4.79 Å². The van der Waals surface area contributed by atoms with Crippen molar-refractivity contribution in [3.8, 4) is 0 Å². The van der Waals surface area contributed by atoms with E-state index in [4.69, 9.17) is 17.4 Å². The van der Waals surface area contributed by atoms with Gasteiger partial charge in [-0.3, -0.25) is 10.3 Å². The Morgan fingerprint density at radius 1 is 1.46 bits per heavy atom. The molecule has 0 unspecified atom stereocenters. The van der Waals surface area contributed by atoms with Crippen LogP contribution in [0.4, 0.5) is 10.5 Å². The number of anilines is 1. The molecule has 13 heavy (non-hydrogen) atoms. The van der Waals surface area contributed by atoms with Gasteiger partial charge in [0, 0.05) is 17.8 Å². The molecule has 0 radical (unpaired) electrons. The van der Waals surface area contributed by atoms with Crippen LogP contribution in [0.15, 0.2) is 24.3 Å². The molecule has 0 aromatic heterocycles. The molecule has 0 heterocycles. The minimum absolute atomic E-state index is 0.373. The van der Waals surface area contributed by atoms with Crippen LogP contribution in [0.1, 0.15) is 0 Å². The summed E-state index contributed by atoms with van der Waals surface area (Å²) >= 11 is 5.69. The fourth-order valence-electron chi connectivity index (χ4n) is 0.879. The molecule has 70 valence electrons. The summed E-state index contributed by atoms with van der Waals surface area (Å²) in [6.45, 7) is 0. The third-order valence-corrected chi connectivity index (χ3v) is 1.89. The largest absolute Gasteiger partial charge is 0.335 e. The van der Waals surface area contributed by atoms with E-state index in [0.717, 1.165) is 5.69 Å². The smallest absolute Gasteiger partial charge is 0.296 e. The number of halogens is 1. The molecule has 0 atom stereocenters.